The Hall–Kier alpha value is -1.91. The number of nitrogens with one attached hydrogen (secondary N) is 1. The lowest BCUT2D eigenvalue weighted by Crippen LogP contribution is -2.44. The van der Waals surface area contributed by atoms with Gasteiger partial charge in [-0.1, -0.05) is 25.5 Å². The van der Waals surface area contributed by atoms with Crippen molar-refractivity contribution in [3.05, 3.63) is 46.2 Å². The summed E-state index contributed by atoms with van der Waals surface area (Å²) >= 11 is 1.31. The Bertz CT molecular complexity index is 1060. The molecule has 1 aromatic carbocycles. The minimum absolute atomic E-state index is 0.0246. The van der Waals surface area contributed by atoms with Gasteiger partial charge in [0.25, 0.3) is 10.0 Å². The summed E-state index contributed by atoms with van der Waals surface area (Å²) in [6.07, 6.45) is 1.90. The van der Waals surface area contributed by atoms with Crippen molar-refractivity contribution in [2.75, 3.05) is 29.3 Å². The van der Waals surface area contributed by atoms with Crippen molar-refractivity contribution in [2.45, 2.75) is 31.1 Å². The number of hydrogen-bond acceptors (Lipinski definition) is 6. The lowest BCUT2D eigenvalue weighted by Gasteiger charge is -2.26. The standard InChI is InChI=1S/C19H24N2O5S3/c1-2-3-15-4-6-17(7-5-15)29(25,26)20-18-14-27-13-16(18)12-19(22)21-8-10-28(23,24)11-9-21/h4-7,13-14,20H,2-3,8-12H2,1H3. The molecular weight excluding hydrogens is 432 g/mol. The van der Waals surface area contributed by atoms with Gasteiger partial charge < -0.3 is 4.90 Å². The van der Waals surface area contributed by atoms with E-state index in [1.54, 1.807) is 35.0 Å². The number of sulfonamides is 1. The van der Waals surface area contributed by atoms with E-state index in [1.165, 1.54) is 16.2 Å². The maximum absolute atomic E-state index is 12.7. The Labute approximate surface area is 175 Å². The molecule has 0 atom stereocenters. The van der Waals surface area contributed by atoms with Crippen LogP contribution in [0, 0.1) is 0 Å². The number of rotatable bonds is 7. The maximum atomic E-state index is 12.7. The summed E-state index contributed by atoms with van der Waals surface area (Å²) in [6.45, 7) is 2.42. The second kappa shape index (κ2) is 8.85. The second-order valence-corrected chi connectivity index (χ2v) is 11.7. The molecule has 7 nitrogen and oxygen atoms in total. The summed E-state index contributed by atoms with van der Waals surface area (Å²) in [5.41, 5.74) is 2.04. The van der Waals surface area contributed by atoms with Crippen LogP contribution in [0.2, 0.25) is 0 Å². The molecule has 1 fully saturated rings. The van der Waals surface area contributed by atoms with E-state index in [0.717, 1.165) is 18.4 Å². The van der Waals surface area contributed by atoms with Gasteiger partial charge in [-0.15, -0.1) is 11.3 Å². The van der Waals surface area contributed by atoms with Gasteiger partial charge in [0.15, 0.2) is 9.84 Å². The lowest BCUT2D eigenvalue weighted by molar-refractivity contribution is -0.130. The summed E-state index contributed by atoms with van der Waals surface area (Å²) in [5, 5.41) is 3.40. The van der Waals surface area contributed by atoms with E-state index in [-0.39, 0.29) is 41.8 Å². The Morgan fingerprint density at radius 1 is 1.14 bits per heavy atom. The molecule has 1 aliphatic heterocycles. The van der Waals surface area contributed by atoms with Crippen LogP contribution < -0.4 is 4.72 Å². The molecule has 0 unspecified atom stereocenters. The van der Waals surface area contributed by atoms with Gasteiger partial charge in [-0.3, -0.25) is 9.52 Å². The summed E-state index contributed by atoms with van der Waals surface area (Å²) in [6, 6.07) is 6.78. The predicted octanol–water partition coefficient (Wildman–Crippen LogP) is 2.30. The molecule has 1 N–H and O–H groups in total. The largest absolute Gasteiger partial charge is 0.340 e. The molecule has 1 amide bonds. The molecular formula is C19H24N2O5S3. The van der Waals surface area contributed by atoms with Crippen molar-refractivity contribution < 1.29 is 21.6 Å². The van der Waals surface area contributed by atoms with Crippen molar-refractivity contribution in [3.63, 3.8) is 0 Å². The van der Waals surface area contributed by atoms with Crippen LogP contribution in [-0.2, 0) is 37.5 Å². The minimum atomic E-state index is -3.76. The normalized spacial score (nSPS) is 16.5. The van der Waals surface area contributed by atoms with Gasteiger partial charge in [0.2, 0.25) is 5.91 Å². The third-order valence-electron chi connectivity index (χ3n) is 4.80. The Balaban J connectivity index is 1.68. The minimum Gasteiger partial charge on any atom is -0.340 e. The van der Waals surface area contributed by atoms with Gasteiger partial charge in [0.05, 0.1) is 28.5 Å². The zero-order valence-corrected chi connectivity index (χ0v) is 18.6. The van der Waals surface area contributed by atoms with Crippen LogP contribution in [-0.4, -0.2) is 52.2 Å². The third kappa shape index (κ3) is 5.58. The summed E-state index contributed by atoms with van der Waals surface area (Å²) in [7, 11) is -6.83. The predicted molar refractivity (Wildman–Crippen MR) is 115 cm³/mol. The van der Waals surface area contributed by atoms with Gasteiger partial charge >= 0.3 is 0 Å². The van der Waals surface area contributed by atoms with E-state index in [2.05, 4.69) is 11.6 Å². The highest BCUT2D eigenvalue weighted by molar-refractivity contribution is 7.92. The monoisotopic (exact) mass is 456 g/mol. The highest BCUT2D eigenvalue weighted by atomic mass is 32.2. The summed E-state index contributed by atoms with van der Waals surface area (Å²) in [5.74, 6) is -0.270. The number of nitrogens with zero attached hydrogens (tertiary/aromatic N) is 1. The first kappa shape index (κ1) is 21.8. The van der Waals surface area contributed by atoms with Crippen LogP contribution in [0.4, 0.5) is 5.69 Å². The molecule has 2 heterocycles. The van der Waals surface area contributed by atoms with Gasteiger partial charge in [0, 0.05) is 18.5 Å². The van der Waals surface area contributed by atoms with Crippen molar-refractivity contribution in [2.24, 2.45) is 0 Å². The van der Waals surface area contributed by atoms with Crippen LogP contribution >= 0.6 is 11.3 Å². The molecule has 1 aliphatic rings. The van der Waals surface area contributed by atoms with E-state index in [9.17, 15) is 21.6 Å². The first-order valence-electron chi connectivity index (χ1n) is 9.35. The molecule has 1 aromatic heterocycles. The third-order valence-corrected chi connectivity index (χ3v) is 8.58. The number of thiophene rings is 1. The Morgan fingerprint density at radius 3 is 2.41 bits per heavy atom. The van der Waals surface area contributed by atoms with E-state index >= 15 is 0 Å². The Morgan fingerprint density at radius 2 is 1.79 bits per heavy atom. The van der Waals surface area contributed by atoms with Crippen LogP contribution in [0.15, 0.2) is 39.9 Å². The summed E-state index contributed by atoms with van der Waals surface area (Å²) in [4.78, 5) is 14.2. The Kier molecular flexibility index (Phi) is 6.65. The smallest absolute Gasteiger partial charge is 0.261 e. The molecule has 0 spiro atoms. The van der Waals surface area contributed by atoms with E-state index in [0.29, 0.717) is 11.3 Å². The molecule has 0 bridgehead atoms. The summed E-state index contributed by atoms with van der Waals surface area (Å²) < 4.78 is 51.0. The number of benzene rings is 1. The average Bonchev–Trinajstić information content (AvgIpc) is 3.08. The van der Waals surface area contributed by atoms with Crippen molar-refractivity contribution in [1.82, 2.24) is 4.90 Å². The lowest BCUT2D eigenvalue weighted by atomic mass is 10.1. The number of amides is 1. The molecule has 0 saturated carbocycles. The highest BCUT2D eigenvalue weighted by Crippen LogP contribution is 2.25. The van der Waals surface area contributed by atoms with E-state index < -0.39 is 19.9 Å². The zero-order chi connectivity index (χ0) is 21.1. The van der Waals surface area contributed by atoms with E-state index in [4.69, 9.17) is 0 Å². The molecule has 10 heteroatoms. The highest BCUT2D eigenvalue weighted by Gasteiger charge is 2.26. The van der Waals surface area contributed by atoms with Crippen LogP contribution in [0.3, 0.4) is 0 Å². The second-order valence-electron chi connectivity index (χ2n) is 7.02. The fraction of sp³-hybridized carbons (Fsp3) is 0.421. The number of aryl methyl sites for hydroxylation is 1. The molecule has 0 radical (unpaired) electrons. The fourth-order valence-corrected chi connectivity index (χ4v) is 6.27. The van der Waals surface area contributed by atoms with Gasteiger partial charge in [-0.05, 0) is 35.1 Å². The molecule has 1 saturated heterocycles. The molecule has 3 rings (SSSR count). The first-order chi connectivity index (χ1) is 13.7. The number of sulfone groups is 1. The number of hydrogen-bond donors (Lipinski definition) is 1. The van der Waals surface area contributed by atoms with Gasteiger partial charge in [-0.25, -0.2) is 16.8 Å². The van der Waals surface area contributed by atoms with Gasteiger partial charge in [0.1, 0.15) is 0 Å². The SMILES string of the molecule is CCCc1ccc(S(=O)(=O)Nc2cscc2CC(=O)N2CCS(=O)(=O)CC2)cc1. The number of anilines is 1. The quantitative estimate of drug-likeness (QED) is 0.689. The van der Waals surface area contributed by atoms with Gasteiger partial charge in [-0.2, -0.15) is 0 Å². The van der Waals surface area contributed by atoms with Crippen molar-refractivity contribution >= 4 is 42.8 Å². The molecule has 158 valence electrons. The van der Waals surface area contributed by atoms with Crippen LogP contribution in [0.25, 0.3) is 0 Å². The van der Waals surface area contributed by atoms with Crippen LogP contribution in [0.5, 0.6) is 0 Å². The number of carbonyl (C=O) groups excluding carboxylic acids is 1. The number of carbonyl (C=O) groups is 1. The fourth-order valence-electron chi connectivity index (χ4n) is 3.11. The molecule has 0 aliphatic carbocycles. The van der Waals surface area contributed by atoms with E-state index in [1.807, 2.05) is 0 Å². The topological polar surface area (TPSA) is 101 Å². The molecule has 29 heavy (non-hydrogen) atoms. The maximum Gasteiger partial charge on any atom is 0.261 e. The average molecular weight is 457 g/mol. The molecule has 2 aromatic rings. The van der Waals surface area contributed by atoms with Crippen molar-refractivity contribution in [1.29, 1.82) is 0 Å². The van der Waals surface area contributed by atoms with Crippen molar-refractivity contribution in [3.8, 4) is 0 Å². The zero-order valence-electron chi connectivity index (χ0n) is 16.1. The first-order valence-corrected chi connectivity index (χ1v) is 13.6. The van der Waals surface area contributed by atoms with Crippen LogP contribution in [0.1, 0.15) is 24.5 Å².